The lowest BCUT2D eigenvalue weighted by molar-refractivity contribution is -0.115. The largest absolute Gasteiger partial charge is 0.394 e. The number of aryl methyl sites for hydroxylation is 1. The molecule has 3 N–H and O–H groups in total. The number of anilines is 4. The topological polar surface area (TPSA) is 137 Å². The van der Waals surface area contributed by atoms with E-state index in [0.29, 0.717) is 85.0 Å². The second-order valence-corrected chi connectivity index (χ2v) is 9.81. The molecule has 0 bridgehead atoms. The van der Waals surface area contributed by atoms with Crippen LogP contribution in [0.15, 0.2) is 60.7 Å². The van der Waals surface area contributed by atoms with Crippen LogP contribution in [-0.2, 0) is 34.9 Å². The Morgan fingerprint density at radius 2 is 1.30 bits per heavy atom. The maximum Gasteiger partial charge on any atom is 0.229 e. The Morgan fingerprint density at radius 1 is 0.750 bits per heavy atom. The molecule has 240 valence electrons. The van der Waals surface area contributed by atoms with Gasteiger partial charge in [0.15, 0.2) is 0 Å². The van der Waals surface area contributed by atoms with Crippen LogP contribution in [0.4, 0.5) is 23.1 Å². The Hall–Kier alpha value is -3.65. The minimum absolute atomic E-state index is 0.0197. The third-order valence-corrected chi connectivity index (χ3v) is 6.16. The molecular weight excluding hydrogens is 566 g/mol. The molecule has 0 unspecified atom stereocenters. The molecule has 0 aliphatic heterocycles. The number of hydrogen-bond donors (Lipinski definition) is 3. The van der Waals surface area contributed by atoms with Crippen LogP contribution < -0.4 is 15.5 Å². The van der Waals surface area contributed by atoms with Crippen LogP contribution in [0.5, 0.6) is 0 Å². The average Bonchev–Trinajstić information content (AvgIpc) is 3.02. The molecule has 12 heteroatoms. The molecule has 0 fully saturated rings. The van der Waals surface area contributed by atoms with Gasteiger partial charge in [0.05, 0.1) is 79.1 Å². The summed E-state index contributed by atoms with van der Waals surface area (Å²) in [5.41, 5.74) is 3.34. The Labute approximate surface area is 259 Å². The number of rotatable bonds is 23. The van der Waals surface area contributed by atoms with Crippen molar-refractivity contribution < 1.29 is 33.6 Å². The van der Waals surface area contributed by atoms with Gasteiger partial charge in [0.1, 0.15) is 5.82 Å². The summed E-state index contributed by atoms with van der Waals surface area (Å²) in [4.78, 5) is 23.5. The van der Waals surface area contributed by atoms with E-state index in [2.05, 4.69) is 20.6 Å². The lowest BCUT2D eigenvalue weighted by atomic mass is 10.1. The fourth-order valence-corrected chi connectivity index (χ4v) is 3.92. The van der Waals surface area contributed by atoms with E-state index in [1.165, 1.54) is 0 Å². The molecule has 1 heterocycles. The Balaban J connectivity index is 1.27. The molecule has 0 aliphatic rings. The standard InChI is InChI=1S/C32H45N5O7/c1-26-24-30(37(2)12-14-40-16-18-42-20-22-44-23-21-43-19-17-41-15-13-38)36-32(33-26)35-29-10-8-28(9-11-29)34-31(39)25-27-6-4-3-5-7-27/h3-11,24,38H,12-23,25H2,1-2H3,(H,34,39)(H,33,35,36). The van der Waals surface area contributed by atoms with Gasteiger partial charge < -0.3 is 44.3 Å². The van der Waals surface area contributed by atoms with Crippen molar-refractivity contribution in [3.63, 3.8) is 0 Å². The van der Waals surface area contributed by atoms with Crippen molar-refractivity contribution in [1.82, 2.24) is 9.97 Å². The molecule has 0 radical (unpaired) electrons. The summed E-state index contributed by atoms with van der Waals surface area (Å²) in [5.74, 6) is 1.20. The molecule has 12 nitrogen and oxygen atoms in total. The molecule has 44 heavy (non-hydrogen) atoms. The Bertz CT molecular complexity index is 1200. The minimum atomic E-state index is -0.0651. The fourth-order valence-electron chi connectivity index (χ4n) is 3.92. The van der Waals surface area contributed by atoms with Gasteiger partial charge in [-0.2, -0.15) is 4.98 Å². The van der Waals surface area contributed by atoms with E-state index >= 15 is 0 Å². The number of hydrogen-bond acceptors (Lipinski definition) is 11. The summed E-state index contributed by atoms with van der Waals surface area (Å²) in [6.45, 7) is 7.35. The summed E-state index contributed by atoms with van der Waals surface area (Å²) in [5, 5.41) is 14.8. The van der Waals surface area contributed by atoms with E-state index in [1.54, 1.807) is 0 Å². The number of aromatic nitrogens is 2. The van der Waals surface area contributed by atoms with E-state index in [-0.39, 0.29) is 12.5 Å². The smallest absolute Gasteiger partial charge is 0.229 e. The maximum absolute atomic E-state index is 12.3. The first kappa shape index (κ1) is 34.8. The number of nitrogens with zero attached hydrogens (tertiary/aromatic N) is 3. The van der Waals surface area contributed by atoms with E-state index in [4.69, 9.17) is 28.8 Å². The van der Waals surface area contributed by atoms with Gasteiger partial charge in [-0.15, -0.1) is 0 Å². The molecule has 3 aromatic rings. The van der Waals surface area contributed by atoms with Crippen molar-refractivity contribution in [2.45, 2.75) is 13.3 Å². The highest BCUT2D eigenvalue weighted by molar-refractivity contribution is 5.92. The molecule has 3 rings (SSSR count). The van der Waals surface area contributed by atoms with Gasteiger partial charge in [-0.1, -0.05) is 30.3 Å². The number of ether oxygens (including phenoxy) is 5. The Morgan fingerprint density at radius 3 is 1.89 bits per heavy atom. The predicted octanol–water partition coefficient (Wildman–Crippen LogP) is 3.22. The third-order valence-electron chi connectivity index (χ3n) is 6.16. The van der Waals surface area contributed by atoms with Crippen LogP contribution in [0.3, 0.4) is 0 Å². The van der Waals surface area contributed by atoms with Crippen molar-refractivity contribution in [1.29, 1.82) is 0 Å². The zero-order valence-corrected chi connectivity index (χ0v) is 25.7. The second-order valence-electron chi connectivity index (χ2n) is 9.81. The summed E-state index contributed by atoms with van der Waals surface area (Å²) in [7, 11) is 1.96. The lowest BCUT2D eigenvalue weighted by Gasteiger charge is -2.19. The van der Waals surface area contributed by atoms with Gasteiger partial charge in [-0.05, 0) is 36.8 Å². The number of carbonyl (C=O) groups excluding carboxylic acids is 1. The van der Waals surface area contributed by atoms with E-state index < -0.39 is 0 Å². The SMILES string of the molecule is Cc1cc(N(C)CCOCCOCCOCCOCCOCCO)nc(Nc2ccc(NC(=O)Cc3ccccc3)cc2)n1. The van der Waals surface area contributed by atoms with Crippen molar-refractivity contribution >= 4 is 29.0 Å². The first-order chi connectivity index (χ1) is 21.5. The zero-order valence-electron chi connectivity index (χ0n) is 25.7. The van der Waals surface area contributed by atoms with Gasteiger partial charge in [0, 0.05) is 36.7 Å². The molecule has 0 spiro atoms. The number of aliphatic hydroxyl groups is 1. The predicted molar refractivity (Wildman–Crippen MR) is 170 cm³/mol. The fraction of sp³-hybridized carbons (Fsp3) is 0.469. The molecule has 0 saturated carbocycles. The number of amides is 1. The van der Waals surface area contributed by atoms with Gasteiger partial charge in [0.2, 0.25) is 11.9 Å². The van der Waals surface area contributed by atoms with E-state index in [9.17, 15) is 4.79 Å². The molecule has 2 aromatic carbocycles. The highest BCUT2D eigenvalue weighted by Gasteiger charge is 2.09. The van der Waals surface area contributed by atoms with Crippen LogP contribution in [0.2, 0.25) is 0 Å². The lowest BCUT2D eigenvalue weighted by Crippen LogP contribution is -2.24. The second kappa shape index (κ2) is 21.1. The van der Waals surface area contributed by atoms with E-state index in [1.807, 2.05) is 79.5 Å². The molecule has 1 aromatic heterocycles. The maximum atomic E-state index is 12.3. The number of nitrogens with one attached hydrogen (secondary N) is 2. The van der Waals surface area contributed by atoms with Gasteiger partial charge in [-0.3, -0.25) is 4.79 Å². The summed E-state index contributed by atoms with van der Waals surface area (Å²) >= 11 is 0. The zero-order chi connectivity index (χ0) is 31.2. The molecule has 0 aliphatic carbocycles. The molecule has 0 saturated heterocycles. The Kier molecular flexibility index (Phi) is 16.7. The van der Waals surface area contributed by atoms with Crippen molar-refractivity contribution in [2.75, 3.05) is 102 Å². The van der Waals surface area contributed by atoms with Crippen LogP contribution >= 0.6 is 0 Å². The third kappa shape index (κ3) is 14.7. The summed E-state index contributed by atoms with van der Waals surface area (Å²) in [6.07, 6.45) is 0.325. The van der Waals surface area contributed by atoms with Gasteiger partial charge in [-0.25, -0.2) is 4.98 Å². The summed E-state index contributed by atoms with van der Waals surface area (Å²) in [6, 6.07) is 19.0. The highest BCUT2D eigenvalue weighted by Crippen LogP contribution is 2.20. The minimum Gasteiger partial charge on any atom is -0.394 e. The van der Waals surface area contributed by atoms with Crippen LogP contribution in [-0.4, -0.2) is 107 Å². The van der Waals surface area contributed by atoms with Crippen molar-refractivity contribution in [2.24, 2.45) is 0 Å². The van der Waals surface area contributed by atoms with Gasteiger partial charge >= 0.3 is 0 Å². The van der Waals surface area contributed by atoms with Crippen molar-refractivity contribution in [3.05, 3.63) is 71.9 Å². The van der Waals surface area contributed by atoms with Crippen LogP contribution in [0.1, 0.15) is 11.3 Å². The molecular formula is C32H45N5O7. The normalized spacial score (nSPS) is 11.0. The molecule has 0 atom stereocenters. The number of likely N-dealkylation sites (N-methyl/N-ethyl adjacent to an activating group) is 1. The van der Waals surface area contributed by atoms with Gasteiger partial charge in [0.25, 0.3) is 0 Å². The quantitative estimate of drug-likeness (QED) is 0.136. The highest BCUT2D eigenvalue weighted by atomic mass is 16.6. The van der Waals surface area contributed by atoms with E-state index in [0.717, 1.165) is 28.5 Å². The van der Waals surface area contributed by atoms with Crippen molar-refractivity contribution in [3.8, 4) is 0 Å². The number of benzene rings is 2. The molecule has 1 amide bonds. The monoisotopic (exact) mass is 611 g/mol. The first-order valence-electron chi connectivity index (χ1n) is 14.8. The summed E-state index contributed by atoms with van der Waals surface area (Å²) < 4.78 is 27.2. The number of carbonyl (C=O) groups is 1. The van der Waals surface area contributed by atoms with Crippen LogP contribution in [0, 0.1) is 6.92 Å². The first-order valence-corrected chi connectivity index (χ1v) is 14.8. The van der Waals surface area contributed by atoms with Crippen LogP contribution in [0.25, 0.3) is 0 Å². The number of aliphatic hydroxyl groups excluding tert-OH is 1. The average molecular weight is 612 g/mol.